The summed E-state index contributed by atoms with van der Waals surface area (Å²) in [5.74, 6) is 4.20. The fraction of sp³-hybridized carbons (Fsp3) is 0.429. The molecule has 268 valence electrons. The highest BCUT2D eigenvalue weighted by Crippen LogP contribution is 2.39. The molecule has 5 rings (SSSR count). The maximum Gasteiger partial charge on any atom is 0.119 e. The summed E-state index contributed by atoms with van der Waals surface area (Å²) >= 11 is 21.8. The largest absolute Gasteiger partial charge is 0.494 e. The van der Waals surface area contributed by atoms with Crippen molar-refractivity contribution in [3.05, 3.63) is 113 Å². The number of halogens is 4. The van der Waals surface area contributed by atoms with Gasteiger partial charge in [-0.05, 0) is 156 Å². The third kappa shape index (κ3) is 9.53. The SMILES string of the molecule is CCCOc1cc2c(Br)c(c1)Cc1cc(OCCC)cc(c1CCl)Cc1cc(OCCC)cc(c1Br)Cc1cc(OCCC)cc(c1CCl)C2. The zero-order chi connectivity index (χ0) is 35.6. The van der Waals surface area contributed by atoms with Crippen LogP contribution in [0.4, 0.5) is 0 Å². The molecular weight excluding hydrogens is 799 g/mol. The van der Waals surface area contributed by atoms with E-state index >= 15 is 0 Å². The molecule has 0 fully saturated rings. The Labute approximate surface area is 325 Å². The lowest BCUT2D eigenvalue weighted by Gasteiger charge is -2.22. The third-order valence-electron chi connectivity index (χ3n) is 8.89. The number of hydrogen-bond donors (Lipinski definition) is 0. The first kappa shape index (κ1) is 38.8. The Balaban J connectivity index is 1.80. The van der Waals surface area contributed by atoms with Gasteiger partial charge in [-0.15, -0.1) is 23.2 Å². The molecule has 0 unspecified atom stereocenters. The van der Waals surface area contributed by atoms with Gasteiger partial charge in [-0.2, -0.15) is 0 Å². The van der Waals surface area contributed by atoms with Gasteiger partial charge in [-0.25, -0.2) is 0 Å². The van der Waals surface area contributed by atoms with Crippen LogP contribution < -0.4 is 18.9 Å². The van der Waals surface area contributed by atoms with Gasteiger partial charge in [-0.3, -0.25) is 0 Å². The minimum absolute atomic E-state index is 0.385. The van der Waals surface area contributed by atoms with Crippen molar-refractivity contribution in [1.29, 1.82) is 0 Å². The average Bonchev–Trinajstić information content (AvgIpc) is 3.11. The van der Waals surface area contributed by atoms with Gasteiger partial charge in [0.25, 0.3) is 0 Å². The lowest BCUT2D eigenvalue weighted by molar-refractivity contribution is 0.316. The monoisotopic (exact) mass is 844 g/mol. The van der Waals surface area contributed by atoms with E-state index in [-0.39, 0.29) is 0 Å². The second-order valence-electron chi connectivity index (χ2n) is 12.9. The van der Waals surface area contributed by atoms with E-state index in [2.05, 4.69) is 108 Å². The first-order chi connectivity index (χ1) is 24.3. The summed E-state index contributed by atoms with van der Waals surface area (Å²) in [6, 6.07) is 17.3. The molecule has 0 aromatic heterocycles. The Morgan fingerprint density at radius 3 is 0.840 bits per heavy atom. The van der Waals surface area contributed by atoms with Gasteiger partial charge in [0.05, 0.1) is 26.4 Å². The molecule has 1 aliphatic carbocycles. The summed E-state index contributed by atoms with van der Waals surface area (Å²) in [4.78, 5) is 0. The minimum atomic E-state index is 0.385. The molecule has 0 spiro atoms. The van der Waals surface area contributed by atoms with Crippen molar-refractivity contribution in [3.8, 4) is 23.0 Å². The average molecular weight is 848 g/mol. The zero-order valence-corrected chi connectivity index (χ0v) is 34.3. The van der Waals surface area contributed by atoms with Crippen molar-refractivity contribution in [3.63, 3.8) is 0 Å². The summed E-state index contributed by atoms with van der Waals surface area (Å²) in [5.41, 5.74) is 11.3. The van der Waals surface area contributed by atoms with E-state index < -0.39 is 0 Å². The molecule has 0 radical (unpaired) electrons. The lowest BCUT2D eigenvalue weighted by Crippen LogP contribution is -2.09. The highest BCUT2D eigenvalue weighted by Gasteiger charge is 2.22. The zero-order valence-electron chi connectivity index (χ0n) is 29.7. The van der Waals surface area contributed by atoms with Crippen LogP contribution in [0.1, 0.15) is 109 Å². The van der Waals surface area contributed by atoms with Crippen LogP contribution in [0.3, 0.4) is 0 Å². The number of benzene rings is 4. The Hall–Kier alpha value is -2.38. The summed E-state index contributed by atoms with van der Waals surface area (Å²) in [5, 5.41) is 0. The van der Waals surface area contributed by atoms with Crippen LogP contribution in [-0.4, -0.2) is 26.4 Å². The van der Waals surface area contributed by atoms with E-state index in [1.165, 1.54) is 0 Å². The molecule has 0 heterocycles. The third-order valence-corrected chi connectivity index (χ3v) is 11.5. The topological polar surface area (TPSA) is 36.9 Å². The van der Waals surface area contributed by atoms with Gasteiger partial charge < -0.3 is 18.9 Å². The van der Waals surface area contributed by atoms with Crippen LogP contribution >= 0.6 is 55.1 Å². The molecule has 0 atom stereocenters. The highest BCUT2D eigenvalue weighted by atomic mass is 79.9. The molecular formula is C42H48Br2Cl2O4. The Bertz CT molecular complexity index is 1550. The summed E-state index contributed by atoms with van der Waals surface area (Å²) in [6.45, 7) is 11.1. The Morgan fingerprint density at radius 2 is 0.640 bits per heavy atom. The molecule has 50 heavy (non-hydrogen) atoms. The fourth-order valence-electron chi connectivity index (χ4n) is 6.49. The first-order valence-electron chi connectivity index (χ1n) is 17.9. The van der Waals surface area contributed by atoms with Gasteiger partial charge in [0.1, 0.15) is 23.0 Å². The summed E-state index contributed by atoms with van der Waals surface area (Å²) < 4.78 is 27.3. The number of alkyl halides is 2. The highest BCUT2D eigenvalue weighted by molar-refractivity contribution is 9.10. The summed E-state index contributed by atoms with van der Waals surface area (Å²) in [6.07, 6.45) is 6.35. The normalized spacial score (nSPS) is 12.5. The van der Waals surface area contributed by atoms with Gasteiger partial charge in [-0.1, -0.05) is 59.6 Å². The molecule has 4 aromatic carbocycles. The van der Waals surface area contributed by atoms with Crippen LogP contribution in [0.5, 0.6) is 23.0 Å². The molecule has 8 heteroatoms. The molecule has 0 aliphatic heterocycles. The van der Waals surface area contributed by atoms with Crippen LogP contribution in [0, 0.1) is 0 Å². The van der Waals surface area contributed by atoms with Crippen LogP contribution in [-0.2, 0) is 37.4 Å². The van der Waals surface area contributed by atoms with Gasteiger partial charge in [0.15, 0.2) is 0 Å². The maximum absolute atomic E-state index is 6.84. The number of rotatable bonds is 14. The van der Waals surface area contributed by atoms with Crippen molar-refractivity contribution in [1.82, 2.24) is 0 Å². The van der Waals surface area contributed by atoms with Crippen LogP contribution in [0.15, 0.2) is 57.5 Å². The molecule has 8 bridgehead atoms. The predicted molar refractivity (Wildman–Crippen MR) is 215 cm³/mol. The number of ether oxygens (including phenoxy) is 4. The number of fused-ring (bicyclic) bond motifs is 8. The van der Waals surface area contributed by atoms with Crippen LogP contribution in [0.2, 0.25) is 0 Å². The van der Waals surface area contributed by atoms with E-state index in [0.29, 0.717) is 63.9 Å². The van der Waals surface area contributed by atoms with Crippen molar-refractivity contribution < 1.29 is 18.9 Å². The number of hydrogen-bond acceptors (Lipinski definition) is 4. The maximum atomic E-state index is 6.84. The van der Waals surface area contributed by atoms with E-state index in [0.717, 1.165) is 113 Å². The first-order valence-corrected chi connectivity index (χ1v) is 20.5. The van der Waals surface area contributed by atoms with E-state index in [1.54, 1.807) is 0 Å². The minimum Gasteiger partial charge on any atom is -0.494 e. The predicted octanol–water partition coefficient (Wildman–Crippen LogP) is 12.5. The second kappa shape index (κ2) is 18.9. The Kier molecular flexibility index (Phi) is 14.7. The fourth-order valence-corrected chi connectivity index (χ4v) is 8.19. The van der Waals surface area contributed by atoms with E-state index in [9.17, 15) is 0 Å². The van der Waals surface area contributed by atoms with Gasteiger partial charge in [0, 0.05) is 20.7 Å². The van der Waals surface area contributed by atoms with Crippen molar-refractivity contribution >= 4 is 55.1 Å². The second-order valence-corrected chi connectivity index (χ2v) is 15.0. The molecule has 4 nitrogen and oxygen atoms in total. The molecule has 0 saturated heterocycles. The van der Waals surface area contributed by atoms with Crippen LogP contribution in [0.25, 0.3) is 0 Å². The molecule has 1 aliphatic rings. The smallest absolute Gasteiger partial charge is 0.119 e. The standard InChI is InChI=1S/C42H48Br2Cl2O4/c1-5-9-47-35-17-27-13-31-21-37(49-11-7-3)23-33(41(31)43)15-29-19-36(48-10-6-2)20-30(40(29)26-46)16-34-24-38(50-12-8-4)22-32(42(34)44)14-28(18-35)39(27)25-45/h17-24H,5-16,25-26H2,1-4H3. The van der Waals surface area contributed by atoms with Crippen molar-refractivity contribution in [2.24, 2.45) is 0 Å². The van der Waals surface area contributed by atoms with Gasteiger partial charge >= 0.3 is 0 Å². The van der Waals surface area contributed by atoms with E-state index in [4.69, 9.17) is 42.1 Å². The Morgan fingerprint density at radius 1 is 0.420 bits per heavy atom. The molecule has 0 N–H and O–H groups in total. The van der Waals surface area contributed by atoms with Crippen molar-refractivity contribution in [2.45, 2.75) is 90.8 Å². The molecule has 4 aromatic rings. The van der Waals surface area contributed by atoms with E-state index in [1.807, 2.05) is 0 Å². The lowest BCUT2D eigenvalue weighted by atomic mass is 9.88. The quantitative estimate of drug-likeness (QED) is 0.104. The molecule has 0 amide bonds. The van der Waals surface area contributed by atoms with Gasteiger partial charge in [0.2, 0.25) is 0 Å². The molecule has 0 saturated carbocycles. The summed E-state index contributed by atoms with van der Waals surface area (Å²) in [7, 11) is 0. The van der Waals surface area contributed by atoms with Crippen molar-refractivity contribution in [2.75, 3.05) is 26.4 Å².